The van der Waals surface area contributed by atoms with Crippen LogP contribution in [0.4, 0.5) is 13.2 Å². The van der Waals surface area contributed by atoms with E-state index in [1.165, 1.54) is 23.9 Å². The molecule has 1 aromatic carbocycles. The molecule has 120 valence electrons. The van der Waals surface area contributed by atoms with Crippen molar-refractivity contribution in [2.45, 2.75) is 31.7 Å². The van der Waals surface area contributed by atoms with Crippen LogP contribution in [-0.4, -0.2) is 23.0 Å². The van der Waals surface area contributed by atoms with E-state index in [4.69, 9.17) is 0 Å². The van der Waals surface area contributed by atoms with Crippen molar-refractivity contribution in [2.75, 3.05) is 12.3 Å². The quantitative estimate of drug-likeness (QED) is 0.857. The molecule has 1 aromatic rings. The van der Waals surface area contributed by atoms with Crippen molar-refractivity contribution in [3.05, 3.63) is 35.4 Å². The summed E-state index contributed by atoms with van der Waals surface area (Å²) in [5, 5.41) is 2.61. The van der Waals surface area contributed by atoms with Crippen LogP contribution in [0, 0.1) is 11.8 Å². The van der Waals surface area contributed by atoms with Gasteiger partial charge >= 0.3 is 6.18 Å². The van der Waals surface area contributed by atoms with Gasteiger partial charge in [0.15, 0.2) is 0 Å². The predicted octanol–water partition coefficient (Wildman–Crippen LogP) is 3.70. The minimum Gasteiger partial charge on any atom is -0.344 e. The fourth-order valence-electron chi connectivity index (χ4n) is 1.40. The van der Waals surface area contributed by atoms with E-state index < -0.39 is 11.7 Å². The standard InChI is InChI=1S/C16H18F3NOS/c1-15(2,3)22-11-14(21)20-9-5-7-12-6-4-8-13(10-12)16(17,18)19/h4,6,8,10H,9,11H2,1-3H3,(H,20,21). The van der Waals surface area contributed by atoms with Crippen molar-refractivity contribution >= 4 is 17.7 Å². The molecule has 0 heterocycles. The van der Waals surface area contributed by atoms with E-state index in [2.05, 4.69) is 17.2 Å². The molecule has 0 saturated heterocycles. The van der Waals surface area contributed by atoms with Crippen LogP contribution in [0.5, 0.6) is 0 Å². The number of amides is 1. The summed E-state index contributed by atoms with van der Waals surface area (Å²) in [5.41, 5.74) is -0.460. The maximum Gasteiger partial charge on any atom is 0.416 e. The average Bonchev–Trinajstić information content (AvgIpc) is 2.40. The van der Waals surface area contributed by atoms with Gasteiger partial charge in [0.25, 0.3) is 0 Å². The minimum absolute atomic E-state index is 0.00104. The lowest BCUT2D eigenvalue weighted by Gasteiger charge is -2.16. The molecule has 6 heteroatoms. The van der Waals surface area contributed by atoms with Gasteiger partial charge in [0, 0.05) is 10.3 Å². The van der Waals surface area contributed by atoms with Crippen molar-refractivity contribution < 1.29 is 18.0 Å². The first-order valence-electron chi connectivity index (χ1n) is 6.65. The molecule has 0 aliphatic heterocycles. The summed E-state index contributed by atoms with van der Waals surface area (Å²) in [6.07, 6.45) is -4.38. The van der Waals surface area contributed by atoms with Gasteiger partial charge in [-0.25, -0.2) is 0 Å². The molecule has 0 radical (unpaired) electrons. The Morgan fingerprint density at radius 2 is 1.95 bits per heavy atom. The zero-order chi connectivity index (χ0) is 16.8. The Kier molecular flexibility index (Phi) is 6.36. The van der Waals surface area contributed by atoms with E-state index in [0.717, 1.165) is 12.1 Å². The highest BCUT2D eigenvalue weighted by Gasteiger charge is 2.30. The Balaban J connectivity index is 2.50. The van der Waals surface area contributed by atoms with Gasteiger partial charge in [-0.15, -0.1) is 11.8 Å². The van der Waals surface area contributed by atoms with Crippen molar-refractivity contribution in [2.24, 2.45) is 0 Å². The molecule has 0 aliphatic carbocycles. The van der Waals surface area contributed by atoms with Gasteiger partial charge in [0.2, 0.25) is 5.91 Å². The third-order valence-corrected chi connectivity index (χ3v) is 3.71. The lowest BCUT2D eigenvalue weighted by atomic mass is 10.1. The Morgan fingerprint density at radius 1 is 1.27 bits per heavy atom. The number of carbonyl (C=O) groups excluding carboxylic acids is 1. The van der Waals surface area contributed by atoms with Gasteiger partial charge in [-0.05, 0) is 18.2 Å². The summed E-state index contributed by atoms with van der Waals surface area (Å²) in [4.78, 5) is 11.5. The molecular formula is C16H18F3NOS. The molecule has 22 heavy (non-hydrogen) atoms. The lowest BCUT2D eigenvalue weighted by molar-refractivity contribution is -0.137. The van der Waals surface area contributed by atoms with Crippen molar-refractivity contribution in [3.63, 3.8) is 0 Å². The number of halogens is 3. The molecule has 0 unspecified atom stereocenters. The molecule has 1 N–H and O–H groups in total. The average molecular weight is 329 g/mol. The van der Waals surface area contributed by atoms with E-state index in [1.54, 1.807) is 0 Å². The van der Waals surface area contributed by atoms with Crippen molar-refractivity contribution in [1.29, 1.82) is 0 Å². The molecule has 0 bridgehead atoms. The Hall–Kier alpha value is -1.61. The van der Waals surface area contributed by atoms with Gasteiger partial charge in [0.05, 0.1) is 17.9 Å². The van der Waals surface area contributed by atoms with Crippen LogP contribution in [-0.2, 0) is 11.0 Å². The van der Waals surface area contributed by atoms with E-state index in [-0.39, 0.29) is 22.8 Å². The van der Waals surface area contributed by atoms with E-state index in [9.17, 15) is 18.0 Å². The molecule has 0 aromatic heterocycles. The van der Waals surface area contributed by atoms with Crippen LogP contribution >= 0.6 is 11.8 Å². The Labute approximate surface area is 132 Å². The summed E-state index contributed by atoms with van der Waals surface area (Å²) in [6, 6.07) is 4.80. The number of benzene rings is 1. The number of nitrogens with one attached hydrogen (secondary N) is 1. The molecule has 2 nitrogen and oxygen atoms in total. The zero-order valence-electron chi connectivity index (χ0n) is 12.7. The maximum atomic E-state index is 12.5. The summed E-state index contributed by atoms with van der Waals surface area (Å²) in [7, 11) is 0. The second kappa shape index (κ2) is 7.59. The lowest BCUT2D eigenvalue weighted by Crippen LogP contribution is -2.27. The van der Waals surface area contributed by atoms with E-state index >= 15 is 0 Å². The minimum atomic E-state index is -4.38. The highest BCUT2D eigenvalue weighted by atomic mass is 32.2. The molecule has 1 rings (SSSR count). The monoisotopic (exact) mass is 329 g/mol. The summed E-state index contributed by atoms with van der Waals surface area (Å²) >= 11 is 1.52. The molecule has 0 fully saturated rings. The Bertz CT molecular complexity index is 580. The molecular weight excluding hydrogens is 311 g/mol. The van der Waals surface area contributed by atoms with Crippen LogP contribution < -0.4 is 5.32 Å². The molecule has 0 spiro atoms. The number of carbonyl (C=O) groups is 1. The molecule has 0 saturated carbocycles. The zero-order valence-corrected chi connectivity index (χ0v) is 13.5. The van der Waals surface area contributed by atoms with E-state index in [0.29, 0.717) is 5.75 Å². The smallest absolute Gasteiger partial charge is 0.344 e. The Morgan fingerprint density at radius 3 is 2.55 bits per heavy atom. The van der Waals surface area contributed by atoms with E-state index in [1.807, 2.05) is 20.8 Å². The number of thioether (sulfide) groups is 1. The first-order valence-corrected chi connectivity index (χ1v) is 7.63. The number of hydrogen-bond donors (Lipinski definition) is 1. The summed E-state index contributed by atoms with van der Waals surface area (Å²) in [6.45, 7) is 6.15. The van der Waals surface area contributed by atoms with Gasteiger partial charge in [-0.1, -0.05) is 38.7 Å². The summed E-state index contributed by atoms with van der Waals surface area (Å²) < 4.78 is 37.6. The number of hydrogen-bond acceptors (Lipinski definition) is 2. The van der Waals surface area contributed by atoms with Crippen molar-refractivity contribution in [3.8, 4) is 11.8 Å². The first-order chi connectivity index (χ1) is 10.1. The fraction of sp³-hybridized carbons (Fsp3) is 0.438. The van der Waals surface area contributed by atoms with Crippen LogP contribution in [0.2, 0.25) is 0 Å². The van der Waals surface area contributed by atoms with Crippen LogP contribution in [0.15, 0.2) is 24.3 Å². The second-order valence-electron chi connectivity index (χ2n) is 5.56. The number of alkyl halides is 3. The van der Waals surface area contributed by atoms with Gasteiger partial charge in [0.1, 0.15) is 0 Å². The largest absolute Gasteiger partial charge is 0.416 e. The highest BCUT2D eigenvalue weighted by molar-refractivity contribution is 8.01. The SMILES string of the molecule is CC(C)(C)SCC(=O)NCC#Cc1cccc(C(F)(F)F)c1. The third-order valence-electron chi connectivity index (χ3n) is 2.43. The van der Waals surface area contributed by atoms with Crippen molar-refractivity contribution in [1.82, 2.24) is 5.32 Å². The van der Waals surface area contributed by atoms with Crippen LogP contribution in [0.1, 0.15) is 31.9 Å². The molecule has 0 atom stereocenters. The normalized spacial score (nSPS) is 11.5. The van der Waals surface area contributed by atoms with Crippen LogP contribution in [0.3, 0.4) is 0 Å². The first kappa shape index (κ1) is 18.4. The predicted molar refractivity (Wildman–Crippen MR) is 83.5 cm³/mol. The maximum absolute atomic E-state index is 12.5. The molecule has 1 amide bonds. The van der Waals surface area contributed by atoms with Gasteiger partial charge < -0.3 is 5.32 Å². The fourth-order valence-corrected chi connectivity index (χ4v) is 2.06. The van der Waals surface area contributed by atoms with Gasteiger partial charge in [-0.3, -0.25) is 4.79 Å². The summed E-state index contributed by atoms with van der Waals surface area (Å²) in [5.74, 6) is 5.45. The third kappa shape index (κ3) is 7.41. The van der Waals surface area contributed by atoms with Gasteiger partial charge in [-0.2, -0.15) is 13.2 Å². The number of rotatable bonds is 3. The second-order valence-corrected chi connectivity index (χ2v) is 7.36. The highest BCUT2D eigenvalue weighted by Crippen LogP contribution is 2.29. The topological polar surface area (TPSA) is 29.1 Å². The molecule has 0 aliphatic rings. The van der Waals surface area contributed by atoms with Crippen LogP contribution in [0.25, 0.3) is 0 Å².